The minimum Gasteiger partial charge on any atom is -0.308 e. The van der Waals surface area contributed by atoms with Gasteiger partial charge >= 0.3 is 6.03 Å². The van der Waals surface area contributed by atoms with Gasteiger partial charge in [-0.25, -0.2) is 9.48 Å². The van der Waals surface area contributed by atoms with Crippen LogP contribution in [0.5, 0.6) is 0 Å². The number of amides is 2. The maximum Gasteiger partial charge on any atom is 0.322 e. The van der Waals surface area contributed by atoms with Crippen molar-refractivity contribution in [2.45, 2.75) is 19.5 Å². The van der Waals surface area contributed by atoms with Crippen LogP contribution in [0.25, 0.3) is 11.5 Å². The molecule has 1 atom stereocenters. The molecular weight excluding hydrogens is 514 g/mol. The Morgan fingerprint density at radius 2 is 1.69 bits per heavy atom. The maximum absolute atomic E-state index is 13.9. The monoisotopic (exact) mass is 537 g/mol. The molecule has 7 heteroatoms. The lowest BCUT2D eigenvalue weighted by Gasteiger charge is -2.31. The molecule has 2 amide bonds. The summed E-state index contributed by atoms with van der Waals surface area (Å²) >= 11 is 3.50. The molecule has 6 rings (SSSR count). The lowest BCUT2D eigenvalue weighted by molar-refractivity contribution is 0.194. The third-order valence-electron chi connectivity index (χ3n) is 6.54. The second-order valence-electron chi connectivity index (χ2n) is 8.82. The van der Waals surface area contributed by atoms with Crippen LogP contribution in [-0.4, -0.2) is 25.3 Å². The van der Waals surface area contributed by atoms with Gasteiger partial charge in [-0.05, 0) is 55.0 Å². The number of hydrogen-bond donors (Lipinski definition) is 1. The van der Waals surface area contributed by atoms with Crippen molar-refractivity contribution in [3.05, 3.63) is 130 Å². The molecule has 1 N–H and O–H groups in total. The number of aromatic nitrogens is 3. The summed E-state index contributed by atoms with van der Waals surface area (Å²) in [5.74, 6) is 0.956. The summed E-state index contributed by atoms with van der Waals surface area (Å²) in [6, 6.07) is 31.6. The fourth-order valence-electron chi connectivity index (χ4n) is 4.90. The fraction of sp³-hybridized carbons (Fsp3) is 0.103. The first-order valence-corrected chi connectivity index (χ1v) is 12.6. The number of anilines is 1. The van der Waals surface area contributed by atoms with Crippen molar-refractivity contribution in [1.29, 1.82) is 0 Å². The van der Waals surface area contributed by atoms with Gasteiger partial charge in [-0.2, -0.15) is 5.10 Å². The molecule has 1 aliphatic rings. The Morgan fingerprint density at radius 3 is 2.44 bits per heavy atom. The normalized spacial score (nSPS) is 14.6. The number of aryl methyl sites for hydroxylation is 1. The zero-order valence-corrected chi connectivity index (χ0v) is 21.3. The van der Waals surface area contributed by atoms with Crippen LogP contribution >= 0.6 is 15.9 Å². The lowest BCUT2D eigenvalue weighted by Crippen LogP contribution is -2.38. The summed E-state index contributed by atoms with van der Waals surface area (Å²) in [6.45, 7) is 2.42. The Hall–Kier alpha value is -4.10. The van der Waals surface area contributed by atoms with Gasteiger partial charge in [-0.1, -0.05) is 70.5 Å². The van der Waals surface area contributed by atoms with Crippen molar-refractivity contribution in [2.24, 2.45) is 0 Å². The molecule has 178 valence electrons. The van der Waals surface area contributed by atoms with Crippen LogP contribution in [0.4, 0.5) is 10.5 Å². The molecule has 0 spiro atoms. The molecule has 0 bridgehead atoms. The van der Waals surface area contributed by atoms with Crippen LogP contribution < -0.4 is 5.32 Å². The van der Waals surface area contributed by atoms with Gasteiger partial charge in [0.05, 0.1) is 29.7 Å². The number of rotatable bonds is 3. The molecule has 36 heavy (non-hydrogen) atoms. The Morgan fingerprint density at radius 1 is 0.944 bits per heavy atom. The summed E-state index contributed by atoms with van der Waals surface area (Å²) in [5, 5.41) is 8.01. The van der Waals surface area contributed by atoms with Crippen LogP contribution in [-0.2, 0) is 6.54 Å². The summed E-state index contributed by atoms with van der Waals surface area (Å²) in [5.41, 5.74) is 5.66. The fourth-order valence-corrected chi connectivity index (χ4v) is 5.30. The molecule has 0 saturated heterocycles. The van der Waals surface area contributed by atoms with Crippen molar-refractivity contribution in [3.8, 4) is 11.5 Å². The zero-order valence-electron chi connectivity index (χ0n) is 19.7. The Bertz CT molecular complexity index is 1540. The second-order valence-corrected chi connectivity index (χ2v) is 9.74. The van der Waals surface area contributed by atoms with Gasteiger partial charge in [-0.15, -0.1) is 0 Å². The summed E-state index contributed by atoms with van der Waals surface area (Å²) < 4.78 is 5.06. The highest BCUT2D eigenvalue weighted by Crippen LogP contribution is 2.38. The van der Waals surface area contributed by atoms with E-state index < -0.39 is 0 Å². The van der Waals surface area contributed by atoms with Crippen LogP contribution in [0.15, 0.2) is 108 Å². The summed E-state index contributed by atoms with van der Waals surface area (Å²) in [7, 11) is 0. The first-order chi connectivity index (χ1) is 17.6. The van der Waals surface area contributed by atoms with E-state index in [0.29, 0.717) is 6.54 Å². The number of carbonyl (C=O) groups excluding carboxylic acids is 1. The number of nitrogens with zero attached hydrogens (tertiary/aromatic N) is 4. The van der Waals surface area contributed by atoms with E-state index in [1.54, 1.807) is 0 Å². The van der Waals surface area contributed by atoms with Crippen LogP contribution in [0.2, 0.25) is 0 Å². The number of hydrogen-bond acceptors (Lipinski definition) is 2. The molecule has 0 radical (unpaired) electrons. The number of halogens is 1. The average Bonchev–Trinajstić information content (AvgIpc) is 3.45. The van der Waals surface area contributed by atoms with Crippen molar-refractivity contribution in [1.82, 2.24) is 19.2 Å². The highest BCUT2D eigenvalue weighted by Gasteiger charge is 2.35. The van der Waals surface area contributed by atoms with E-state index in [1.165, 1.54) is 0 Å². The molecule has 2 aromatic heterocycles. The topological polar surface area (TPSA) is 55.1 Å². The molecule has 6 nitrogen and oxygen atoms in total. The van der Waals surface area contributed by atoms with E-state index in [0.717, 1.165) is 44.2 Å². The molecule has 0 fully saturated rings. The summed E-state index contributed by atoms with van der Waals surface area (Å²) in [6.07, 6.45) is 2.06. The number of nitrogens with one attached hydrogen (secondary N) is 1. The average molecular weight is 538 g/mol. The van der Waals surface area contributed by atoms with Gasteiger partial charge in [0.1, 0.15) is 5.82 Å². The van der Waals surface area contributed by atoms with Gasteiger partial charge in [-0.3, -0.25) is 0 Å². The third kappa shape index (κ3) is 3.91. The molecule has 1 unspecified atom stereocenters. The Labute approximate surface area is 217 Å². The van der Waals surface area contributed by atoms with Crippen molar-refractivity contribution in [3.63, 3.8) is 0 Å². The molecule has 3 aromatic carbocycles. The highest BCUT2D eigenvalue weighted by atomic mass is 79.9. The van der Waals surface area contributed by atoms with Gasteiger partial charge in [0.15, 0.2) is 0 Å². The minimum absolute atomic E-state index is 0.172. The predicted molar refractivity (Wildman–Crippen MR) is 145 cm³/mol. The molecular formula is C29H24BrN5O. The summed E-state index contributed by atoms with van der Waals surface area (Å²) in [4.78, 5) is 15.8. The van der Waals surface area contributed by atoms with Gasteiger partial charge in [0.2, 0.25) is 0 Å². The Kier molecular flexibility index (Phi) is 5.70. The van der Waals surface area contributed by atoms with E-state index in [2.05, 4.69) is 50.2 Å². The predicted octanol–water partition coefficient (Wildman–Crippen LogP) is 6.87. The van der Waals surface area contributed by atoms with E-state index >= 15 is 0 Å². The quantitative estimate of drug-likeness (QED) is 0.273. The standard InChI is InChI=1S/C29H24BrN5O/c1-20-25-19-34(29(36)31-23-13-8-12-22(30)18-23)27(21-10-4-2-5-11-21)26-16-9-17-33(26)28(25)35(32-20)24-14-6-3-7-15-24/h2-18,27H,19H2,1H3,(H,31,36). The zero-order chi connectivity index (χ0) is 24.6. The largest absolute Gasteiger partial charge is 0.322 e. The number of para-hydroxylation sites is 1. The lowest BCUT2D eigenvalue weighted by atomic mass is 10.0. The van der Waals surface area contributed by atoms with E-state index in [1.807, 2.05) is 95.4 Å². The van der Waals surface area contributed by atoms with E-state index in [4.69, 9.17) is 5.10 Å². The Balaban J connectivity index is 1.53. The molecule has 1 aliphatic heterocycles. The smallest absolute Gasteiger partial charge is 0.308 e. The van der Waals surface area contributed by atoms with Crippen molar-refractivity contribution in [2.75, 3.05) is 5.32 Å². The van der Waals surface area contributed by atoms with Crippen LogP contribution in [0.1, 0.15) is 28.6 Å². The van der Waals surface area contributed by atoms with Gasteiger partial charge in [0, 0.05) is 21.9 Å². The molecule has 3 heterocycles. The van der Waals surface area contributed by atoms with Gasteiger partial charge in [0.25, 0.3) is 0 Å². The van der Waals surface area contributed by atoms with E-state index in [9.17, 15) is 4.79 Å². The van der Waals surface area contributed by atoms with Crippen molar-refractivity contribution >= 4 is 27.6 Å². The molecule has 0 saturated carbocycles. The minimum atomic E-state index is -0.288. The SMILES string of the molecule is Cc1nn(-c2ccccc2)c2c1CN(C(=O)Nc1cccc(Br)c1)C(c1ccccc1)c1cccn1-2. The number of carbonyl (C=O) groups is 1. The second kappa shape index (κ2) is 9.17. The molecule has 5 aromatic rings. The molecule has 0 aliphatic carbocycles. The number of urea groups is 1. The van der Waals surface area contributed by atoms with Crippen LogP contribution in [0, 0.1) is 6.92 Å². The highest BCUT2D eigenvalue weighted by molar-refractivity contribution is 9.10. The number of fused-ring (bicyclic) bond motifs is 3. The number of benzene rings is 3. The third-order valence-corrected chi connectivity index (χ3v) is 7.03. The maximum atomic E-state index is 13.9. The van der Waals surface area contributed by atoms with Crippen molar-refractivity contribution < 1.29 is 4.79 Å². The van der Waals surface area contributed by atoms with Gasteiger partial charge < -0.3 is 14.8 Å². The first kappa shape index (κ1) is 22.4. The first-order valence-electron chi connectivity index (χ1n) is 11.8. The van der Waals surface area contributed by atoms with E-state index in [-0.39, 0.29) is 12.1 Å². The van der Waals surface area contributed by atoms with Crippen LogP contribution in [0.3, 0.4) is 0 Å².